The minimum absolute atomic E-state index is 0.0993. The molecule has 26 heavy (non-hydrogen) atoms. The summed E-state index contributed by atoms with van der Waals surface area (Å²) in [7, 11) is 4.49. The zero-order valence-corrected chi connectivity index (χ0v) is 14.4. The number of nitro groups is 1. The van der Waals surface area contributed by atoms with Crippen LogP contribution in [0, 0.1) is 10.1 Å². The molecule has 0 atom stereocenters. The van der Waals surface area contributed by atoms with E-state index in [-0.39, 0.29) is 11.3 Å². The molecule has 0 saturated carbocycles. The second-order valence-corrected chi connectivity index (χ2v) is 4.95. The number of carbonyl (C=O) groups is 1. The highest BCUT2D eigenvalue weighted by molar-refractivity contribution is 5.95. The lowest BCUT2D eigenvalue weighted by Gasteiger charge is -2.12. The van der Waals surface area contributed by atoms with Crippen molar-refractivity contribution in [2.45, 2.75) is 0 Å². The highest BCUT2D eigenvalue weighted by Gasteiger charge is 2.12. The average molecular weight is 359 g/mol. The van der Waals surface area contributed by atoms with Crippen molar-refractivity contribution in [1.82, 2.24) is 5.43 Å². The SMILES string of the molecule is COc1cc(OC)c(/C=N\NC(=O)c2ccc([N+](=O)[O-])cc2)c(OC)c1. The number of nitrogens with one attached hydrogen (secondary N) is 1. The Labute approximate surface area is 149 Å². The van der Waals surface area contributed by atoms with Gasteiger partial charge in [0.15, 0.2) is 0 Å². The van der Waals surface area contributed by atoms with E-state index in [0.29, 0.717) is 22.8 Å². The van der Waals surface area contributed by atoms with Crippen LogP contribution in [0.3, 0.4) is 0 Å². The third-order valence-corrected chi connectivity index (χ3v) is 3.45. The second kappa shape index (κ2) is 8.47. The first-order valence-corrected chi connectivity index (χ1v) is 7.38. The van der Waals surface area contributed by atoms with Gasteiger partial charge in [-0.3, -0.25) is 14.9 Å². The fourth-order valence-corrected chi connectivity index (χ4v) is 2.11. The van der Waals surface area contributed by atoms with Crippen LogP contribution >= 0.6 is 0 Å². The van der Waals surface area contributed by atoms with Crippen LogP contribution in [0.15, 0.2) is 41.5 Å². The first-order valence-electron chi connectivity index (χ1n) is 7.38. The van der Waals surface area contributed by atoms with Gasteiger partial charge in [0.1, 0.15) is 17.2 Å². The summed E-state index contributed by atoms with van der Waals surface area (Å²) >= 11 is 0. The number of ether oxygens (including phenoxy) is 3. The molecular formula is C17H17N3O6. The number of hydrogen-bond donors (Lipinski definition) is 1. The molecule has 1 N–H and O–H groups in total. The minimum Gasteiger partial charge on any atom is -0.496 e. The fraction of sp³-hybridized carbons (Fsp3) is 0.176. The normalized spacial score (nSPS) is 10.4. The van der Waals surface area contributed by atoms with Gasteiger partial charge in [-0.15, -0.1) is 0 Å². The molecule has 0 heterocycles. The number of carbonyl (C=O) groups excluding carboxylic acids is 1. The number of rotatable bonds is 7. The number of nitro benzene ring substituents is 1. The van der Waals surface area contributed by atoms with Crippen molar-refractivity contribution in [1.29, 1.82) is 0 Å². The van der Waals surface area contributed by atoms with Crippen LogP contribution in [0.1, 0.15) is 15.9 Å². The molecule has 0 unspecified atom stereocenters. The second-order valence-electron chi connectivity index (χ2n) is 4.95. The molecule has 2 rings (SSSR count). The number of benzene rings is 2. The molecule has 0 fully saturated rings. The van der Waals surface area contributed by atoms with Crippen LogP contribution in [0.25, 0.3) is 0 Å². The van der Waals surface area contributed by atoms with E-state index in [4.69, 9.17) is 14.2 Å². The van der Waals surface area contributed by atoms with E-state index in [1.807, 2.05) is 0 Å². The molecule has 9 nitrogen and oxygen atoms in total. The maximum atomic E-state index is 12.0. The molecule has 0 saturated heterocycles. The molecular weight excluding hydrogens is 342 g/mol. The van der Waals surface area contributed by atoms with E-state index < -0.39 is 10.8 Å². The summed E-state index contributed by atoms with van der Waals surface area (Å²) in [5.74, 6) is 0.942. The summed E-state index contributed by atoms with van der Waals surface area (Å²) in [5, 5.41) is 14.5. The molecule has 0 aliphatic heterocycles. The van der Waals surface area contributed by atoms with Crippen molar-refractivity contribution in [3.8, 4) is 17.2 Å². The van der Waals surface area contributed by atoms with Gasteiger partial charge >= 0.3 is 0 Å². The van der Waals surface area contributed by atoms with Gasteiger partial charge < -0.3 is 14.2 Å². The van der Waals surface area contributed by atoms with Crippen LogP contribution in [0.5, 0.6) is 17.2 Å². The Balaban J connectivity index is 2.17. The van der Waals surface area contributed by atoms with E-state index in [2.05, 4.69) is 10.5 Å². The molecule has 1 amide bonds. The lowest BCUT2D eigenvalue weighted by Crippen LogP contribution is -2.17. The average Bonchev–Trinajstić information content (AvgIpc) is 2.67. The molecule has 2 aromatic carbocycles. The summed E-state index contributed by atoms with van der Waals surface area (Å²) in [6, 6.07) is 8.49. The number of nitrogens with zero attached hydrogens (tertiary/aromatic N) is 2. The first kappa shape index (κ1) is 18.7. The maximum absolute atomic E-state index is 12.0. The first-order chi connectivity index (χ1) is 12.5. The number of amides is 1. The Hall–Kier alpha value is -3.62. The highest BCUT2D eigenvalue weighted by Crippen LogP contribution is 2.32. The largest absolute Gasteiger partial charge is 0.496 e. The molecule has 0 spiro atoms. The Kier molecular flexibility index (Phi) is 6.10. The van der Waals surface area contributed by atoms with Crippen LogP contribution in [-0.2, 0) is 0 Å². The fourth-order valence-electron chi connectivity index (χ4n) is 2.11. The van der Waals surface area contributed by atoms with Crippen molar-refractivity contribution in [3.63, 3.8) is 0 Å². The molecule has 136 valence electrons. The lowest BCUT2D eigenvalue weighted by molar-refractivity contribution is -0.384. The summed E-state index contributed by atoms with van der Waals surface area (Å²) in [6.45, 7) is 0. The van der Waals surface area contributed by atoms with Gasteiger partial charge in [0, 0.05) is 29.8 Å². The number of hydrogen-bond acceptors (Lipinski definition) is 7. The quantitative estimate of drug-likeness (QED) is 0.461. The minimum atomic E-state index is -0.540. The summed E-state index contributed by atoms with van der Waals surface area (Å²) in [4.78, 5) is 22.1. The third-order valence-electron chi connectivity index (χ3n) is 3.45. The smallest absolute Gasteiger partial charge is 0.271 e. The Bertz CT molecular complexity index is 808. The molecule has 9 heteroatoms. The van der Waals surface area contributed by atoms with Crippen molar-refractivity contribution < 1.29 is 23.9 Å². The number of hydrazone groups is 1. The van der Waals surface area contributed by atoms with Crippen molar-refractivity contribution in [2.75, 3.05) is 21.3 Å². The monoisotopic (exact) mass is 359 g/mol. The molecule has 0 bridgehead atoms. The van der Waals surface area contributed by atoms with Gasteiger partial charge in [0.2, 0.25) is 0 Å². The molecule has 0 aliphatic rings. The van der Waals surface area contributed by atoms with Crippen LogP contribution in [-0.4, -0.2) is 38.4 Å². The van der Waals surface area contributed by atoms with Gasteiger partial charge in [0.25, 0.3) is 11.6 Å². The standard InChI is InChI=1S/C17H17N3O6/c1-24-13-8-15(25-2)14(16(9-13)26-3)10-18-19-17(21)11-4-6-12(7-5-11)20(22)23/h4-10H,1-3H3,(H,19,21)/b18-10-. The van der Waals surface area contributed by atoms with Crippen molar-refractivity contribution >= 4 is 17.8 Å². The predicted octanol–water partition coefficient (Wildman–Crippen LogP) is 2.38. The van der Waals surface area contributed by atoms with Gasteiger partial charge in [-0.25, -0.2) is 5.43 Å². The lowest BCUT2D eigenvalue weighted by atomic mass is 10.2. The van der Waals surface area contributed by atoms with E-state index in [1.165, 1.54) is 51.8 Å². The van der Waals surface area contributed by atoms with Gasteiger partial charge in [-0.1, -0.05) is 0 Å². The summed E-state index contributed by atoms with van der Waals surface area (Å²) in [6.07, 6.45) is 1.38. The summed E-state index contributed by atoms with van der Waals surface area (Å²) in [5.41, 5.74) is 3.00. The topological polar surface area (TPSA) is 112 Å². The molecule has 0 aromatic heterocycles. The zero-order chi connectivity index (χ0) is 19.1. The third kappa shape index (κ3) is 4.26. The molecule has 0 aliphatic carbocycles. The van der Waals surface area contributed by atoms with E-state index in [1.54, 1.807) is 12.1 Å². The van der Waals surface area contributed by atoms with Gasteiger partial charge in [-0.2, -0.15) is 5.10 Å². The maximum Gasteiger partial charge on any atom is 0.271 e. The van der Waals surface area contributed by atoms with Gasteiger partial charge in [-0.05, 0) is 12.1 Å². The van der Waals surface area contributed by atoms with Crippen LogP contribution < -0.4 is 19.6 Å². The van der Waals surface area contributed by atoms with Crippen LogP contribution in [0.4, 0.5) is 5.69 Å². The highest BCUT2D eigenvalue weighted by atomic mass is 16.6. The Morgan fingerprint density at radius 1 is 1.08 bits per heavy atom. The Morgan fingerprint density at radius 2 is 1.65 bits per heavy atom. The van der Waals surface area contributed by atoms with Crippen molar-refractivity contribution in [3.05, 3.63) is 57.6 Å². The van der Waals surface area contributed by atoms with E-state index in [9.17, 15) is 14.9 Å². The number of non-ortho nitro benzene ring substituents is 1. The zero-order valence-electron chi connectivity index (χ0n) is 14.4. The Morgan fingerprint density at radius 3 is 2.12 bits per heavy atom. The number of methoxy groups -OCH3 is 3. The predicted molar refractivity (Wildman–Crippen MR) is 94.3 cm³/mol. The summed E-state index contributed by atoms with van der Waals surface area (Å²) < 4.78 is 15.7. The van der Waals surface area contributed by atoms with E-state index in [0.717, 1.165) is 0 Å². The van der Waals surface area contributed by atoms with E-state index >= 15 is 0 Å². The molecule has 0 radical (unpaired) electrons. The van der Waals surface area contributed by atoms with Gasteiger partial charge in [0.05, 0.1) is 38.0 Å². The van der Waals surface area contributed by atoms with Crippen LogP contribution in [0.2, 0.25) is 0 Å². The molecule has 2 aromatic rings. The van der Waals surface area contributed by atoms with Crippen molar-refractivity contribution in [2.24, 2.45) is 5.10 Å².